The van der Waals surface area contributed by atoms with E-state index in [0.29, 0.717) is 43.2 Å². The molecule has 1 amide bonds. The number of ketones is 1. The van der Waals surface area contributed by atoms with Gasteiger partial charge in [-0.1, -0.05) is 6.07 Å². The fourth-order valence-electron chi connectivity index (χ4n) is 7.81. The van der Waals surface area contributed by atoms with Crippen LogP contribution in [0, 0.1) is 5.92 Å². The highest BCUT2D eigenvalue weighted by molar-refractivity contribution is 6.11. The first-order chi connectivity index (χ1) is 15.4. The zero-order chi connectivity index (χ0) is 22.0. The highest BCUT2D eigenvalue weighted by atomic mass is 16.5. The number of carbonyl (C=O) groups is 2. The SMILES string of the molecule is COc1ccc2c3c1O[C@@H]1[C@]34CCN(CC3CC3)[C@H]([C@@H]2O)[C@]4(O)CC[C@]12NC(=O)CC2=O. The summed E-state index contributed by atoms with van der Waals surface area (Å²) in [5.41, 5.74) is -1.80. The van der Waals surface area contributed by atoms with Crippen molar-refractivity contribution in [3.8, 4) is 11.5 Å². The molecule has 6 aliphatic rings. The number of ether oxygens (including phenoxy) is 2. The maximum absolute atomic E-state index is 13.2. The van der Waals surface area contributed by atoms with Crippen LogP contribution in [0.2, 0.25) is 0 Å². The number of hydrogen-bond donors (Lipinski definition) is 3. The van der Waals surface area contributed by atoms with E-state index in [0.717, 1.165) is 17.7 Å². The first kappa shape index (κ1) is 19.3. The van der Waals surface area contributed by atoms with Crippen LogP contribution in [-0.2, 0) is 15.0 Å². The molecule has 3 heterocycles. The highest BCUT2D eigenvalue weighted by Gasteiger charge is 2.79. The molecule has 2 saturated carbocycles. The van der Waals surface area contributed by atoms with Gasteiger partial charge in [-0.05, 0) is 56.2 Å². The Balaban J connectivity index is 1.48. The summed E-state index contributed by atoms with van der Waals surface area (Å²) in [5.74, 6) is 1.18. The maximum atomic E-state index is 13.2. The summed E-state index contributed by atoms with van der Waals surface area (Å²) >= 11 is 0. The van der Waals surface area contributed by atoms with Gasteiger partial charge in [0.25, 0.3) is 0 Å². The number of methoxy groups -OCH3 is 1. The number of aliphatic hydroxyl groups is 2. The maximum Gasteiger partial charge on any atom is 0.228 e. The molecule has 170 valence electrons. The minimum absolute atomic E-state index is 0.158. The Morgan fingerprint density at radius 3 is 2.75 bits per heavy atom. The molecule has 8 heteroatoms. The molecule has 6 atom stereocenters. The Bertz CT molecular complexity index is 1070. The van der Waals surface area contributed by atoms with Crippen molar-refractivity contribution in [3.63, 3.8) is 0 Å². The van der Waals surface area contributed by atoms with Gasteiger partial charge in [0.2, 0.25) is 5.91 Å². The minimum Gasteiger partial charge on any atom is -0.493 e. The van der Waals surface area contributed by atoms with Crippen molar-refractivity contribution in [2.24, 2.45) is 5.92 Å². The van der Waals surface area contributed by atoms with Gasteiger partial charge in [0.15, 0.2) is 17.3 Å². The number of carbonyl (C=O) groups excluding carboxylic acids is 2. The van der Waals surface area contributed by atoms with Crippen LogP contribution in [0.1, 0.15) is 55.8 Å². The first-order valence-electron chi connectivity index (χ1n) is 11.7. The van der Waals surface area contributed by atoms with E-state index in [1.165, 1.54) is 12.8 Å². The monoisotopic (exact) mass is 440 g/mol. The van der Waals surface area contributed by atoms with Crippen LogP contribution in [0.25, 0.3) is 0 Å². The third kappa shape index (κ3) is 1.97. The number of piperidine rings is 1. The number of nitrogens with one attached hydrogen (secondary N) is 1. The largest absolute Gasteiger partial charge is 0.493 e. The number of hydrogen-bond acceptors (Lipinski definition) is 7. The lowest BCUT2D eigenvalue weighted by molar-refractivity contribution is -0.225. The molecule has 0 radical (unpaired) electrons. The summed E-state index contributed by atoms with van der Waals surface area (Å²) < 4.78 is 12.1. The number of benzene rings is 1. The van der Waals surface area contributed by atoms with E-state index in [4.69, 9.17) is 9.47 Å². The smallest absolute Gasteiger partial charge is 0.228 e. The Hall–Kier alpha value is -2.16. The molecule has 2 saturated heterocycles. The average molecular weight is 440 g/mol. The lowest BCUT2D eigenvalue weighted by Gasteiger charge is -2.66. The second-order valence-corrected chi connectivity index (χ2v) is 10.7. The van der Waals surface area contributed by atoms with Gasteiger partial charge in [-0.2, -0.15) is 0 Å². The van der Waals surface area contributed by atoms with Crippen LogP contribution in [0.3, 0.4) is 0 Å². The van der Waals surface area contributed by atoms with Crippen molar-refractivity contribution >= 4 is 11.7 Å². The zero-order valence-electron chi connectivity index (χ0n) is 18.1. The van der Waals surface area contributed by atoms with Gasteiger partial charge in [-0.3, -0.25) is 14.5 Å². The van der Waals surface area contributed by atoms with Crippen molar-refractivity contribution in [3.05, 3.63) is 23.3 Å². The van der Waals surface area contributed by atoms with E-state index in [1.807, 2.05) is 6.07 Å². The third-order valence-electron chi connectivity index (χ3n) is 9.29. The predicted octanol–water partition coefficient (Wildman–Crippen LogP) is 0.578. The van der Waals surface area contributed by atoms with Crippen molar-refractivity contribution in [1.29, 1.82) is 0 Å². The van der Waals surface area contributed by atoms with Gasteiger partial charge in [-0.25, -0.2) is 0 Å². The number of likely N-dealkylation sites (tertiary alicyclic amines) is 1. The van der Waals surface area contributed by atoms with Crippen LogP contribution >= 0.6 is 0 Å². The number of fused-ring (bicyclic) bond motifs is 1. The number of amides is 1. The van der Waals surface area contributed by atoms with E-state index >= 15 is 0 Å². The molecule has 1 aromatic carbocycles. The van der Waals surface area contributed by atoms with Crippen molar-refractivity contribution in [2.45, 2.75) is 73.3 Å². The molecule has 3 aliphatic heterocycles. The summed E-state index contributed by atoms with van der Waals surface area (Å²) in [4.78, 5) is 27.8. The third-order valence-corrected chi connectivity index (χ3v) is 9.29. The van der Waals surface area contributed by atoms with Crippen molar-refractivity contribution in [2.75, 3.05) is 20.2 Å². The minimum atomic E-state index is -1.27. The van der Waals surface area contributed by atoms with Gasteiger partial charge < -0.3 is 25.0 Å². The number of nitrogens with zero attached hydrogens (tertiary/aromatic N) is 1. The molecule has 0 unspecified atom stereocenters. The molecular weight excluding hydrogens is 412 g/mol. The van der Waals surface area contributed by atoms with E-state index in [-0.39, 0.29) is 18.1 Å². The van der Waals surface area contributed by atoms with Gasteiger partial charge in [0.05, 0.1) is 36.7 Å². The normalized spacial score (nSPS) is 43.8. The van der Waals surface area contributed by atoms with Crippen LogP contribution in [0.4, 0.5) is 0 Å². The Labute approximate surface area is 185 Å². The molecule has 32 heavy (non-hydrogen) atoms. The summed E-state index contributed by atoms with van der Waals surface area (Å²) in [6.07, 6.45) is 1.85. The summed E-state index contributed by atoms with van der Waals surface area (Å²) in [6, 6.07) is 3.19. The van der Waals surface area contributed by atoms with Crippen LogP contribution < -0.4 is 14.8 Å². The second-order valence-electron chi connectivity index (χ2n) is 10.7. The number of Topliss-reactive ketones (excluding diaryl/α,β-unsaturated/α-hetero) is 1. The van der Waals surface area contributed by atoms with Gasteiger partial charge in [-0.15, -0.1) is 0 Å². The van der Waals surface area contributed by atoms with E-state index < -0.39 is 34.8 Å². The molecule has 2 bridgehead atoms. The van der Waals surface area contributed by atoms with E-state index in [9.17, 15) is 19.8 Å². The Morgan fingerprint density at radius 1 is 1.25 bits per heavy atom. The number of rotatable bonds is 3. The van der Waals surface area contributed by atoms with Crippen molar-refractivity contribution in [1.82, 2.24) is 10.2 Å². The molecule has 3 N–H and O–H groups in total. The quantitative estimate of drug-likeness (QED) is 0.590. The predicted molar refractivity (Wildman–Crippen MR) is 111 cm³/mol. The van der Waals surface area contributed by atoms with Crippen molar-refractivity contribution < 1.29 is 29.3 Å². The molecule has 7 rings (SSSR count). The highest BCUT2D eigenvalue weighted by Crippen LogP contribution is 2.69. The molecule has 8 nitrogen and oxygen atoms in total. The van der Waals surface area contributed by atoms with Crippen LogP contribution in [0.15, 0.2) is 12.1 Å². The summed E-state index contributed by atoms with van der Waals surface area (Å²) in [6.45, 7) is 1.57. The summed E-state index contributed by atoms with van der Waals surface area (Å²) in [7, 11) is 1.56. The molecule has 1 aromatic rings. The Morgan fingerprint density at radius 2 is 2.06 bits per heavy atom. The standard InChI is InChI=1S/C24H28N2O6/c1-31-14-5-4-13-17-19(14)32-21-22(17)8-9-26(11-12-2-3-12)20(18(13)29)24(22,30)7-6-23(21)15(27)10-16(28)25-23/h4-5,12,18,20-21,29-30H,2-3,6-11H2,1H3,(H,25,28)/t18-,20-,21-,22+,23-,24-/m1/s1. The molecule has 0 aromatic heterocycles. The zero-order valence-corrected chi connectivity index (χ0v) is 18.1. The average Bonchev–Trinajstić information content (AvgIpc) is 3.43. The van der Waals surface area contributed by atoms with E-state index in [1.54, 1.807) is 13.2 Å². The van der Waals surface area contributed by atoms with Gasteiger partial charge >= 0.3 is 0 Å². The lowest BCUT2D eigenvalue weighted by atomic mass is 9.45. The molecule has 2 spiro atoms. The summed E-state index contributed by atoms with van der Waals surface area (Å²) in [5, 5.41) is 27.1. The topological polar surface area (TPSA) is 108 Å². The molecule has 4 fully saturated rings. The lowest BCUT2D eigenvalue weighted by Crippen LogP contribution is -2.82. The van der Waals surface area contributed by atoms with Crippen LogP contribution in [-0.4, -0.2) is 70.3 Å². The first-order valence-corrected chi connectivity index (χ1v) is 11.7. The second kappa shape index (κ2) is 5.85. The van der Waals surface area contributed by atoms with Crippen LogP contribution in [0.5, 0.6) is 11.5 Å². The number of aliphatic hydroxyl groups excluding tert-OH is 1. The van der Waals surface area contributed by atoms with Gasteiger partial charge in [0, 0.05) is 12.1 Å². The van der Waals surface area contributed by atoms with Gasteiger partial charge in [0.1, 0.15) is 11.6 Å². The van der Waals surface area contributed by atoms with E-state index in [2.05, 4.69) is 10.2 Å². The Kier molecular flexibility index (Phi) is 3.53. The fourth-order valence-corrected chi connectivity index (χ4v) is 7.81. The fraction of sp³-hybridized carbons (Fsp3) is 0.667. The molecular formula is C24H28N2O6. The molecule has 3 aliphatic carbocycles.